The van der Waals surface area contributed by atoms with Crippen LogP contribution in [-0.4, -0.2) is 21.5 Å². The van der Waals surface area contributed by atoms with Gasteiger partial charge in [0.1, 0.15) is 0 Å². The second kappa shape index (κ2) is 6.72. The largest absolute Gasteiger partial charge is 0.769 e. The minimum absolute atomic E-state index is 0.0464. The van der Waals surface area contributed by atoms with Gasteiger partial charge in [-0.05, 0) is 37.0 Å². The molecule has 0 bridgehead atoms. The Kier molecular flexibility index (Phi) is 5.50. The summed E-state index contributed by atoms with van der Waals surface area (Å²) in [5.74, 6) is -2.12. The van der Waals surface area contributed by atoms with Gasteiger partial charge in [0.25, 0.3) is 0 Å². The fourth-order valence-electron chi connectivity index (χ4n) is 2.01. The van der Waals surface area contributed by atoms with Crippen LogP contribution in [0.4, 0.5) is 11.4 Å². The van der Waals surface area contributed by atoms with E-state index in [2.05, 4.69) is 0 Å². The van der Waals surface area contributed by atoms with E-state index in [0.29, 0.717) is 0 Å². The van der Waals surface area contributed by atoms with Crippen LogP contribution in [0.5, 0.6) is 0 Å². The minimum Gasteiger partial charge on any atom is -0.769 e. The molecule has 0 radical (unpaired) electrons. The average Bonchev–Trinajstić information content (AvgIpc) is 2.36. The zero-order valence-electron chi connectivity index (χ0n) is 12.0. The number of nitrogens with zero attached hydrogens (tertiary/aromatic N) is 2. The first-order valence-electron chi connectivity index (χ1n) is 6.37. The van der Waals surface area contributed by atoms with E-state index in [9.17, 15) is 25.6 Å². The number of hydrogen-bond acceptors (Lipinski definition) is 7. The first-order chi connectivity index (χ1) is 9.65. The molecular formula is C13H18N2O6-2. The van der Waals surface area contributed by atoms with Crippen LogP contribution >= 0.6 is 0 Å². The molecule has 8 heteroatoms. The highest BCUT2D eigenvalue weighted by molar-refractivity contribution is 5.78. The van der Waals surface area contributed by atoms with Crippen molar-refractivity contribution in [3.63, 3.8) is 0 Å². The van der Waals surface area contributed by atoms with Gasteiger partial charge in [-0.2, -0.15) is 0 Å². The maximum absolute atomic E-state index is 11.2. The summed E-state index contributed by atoms with van der Waals surface area (Å²) < 4.78 is 0. The van der Waals surface area contributed by atoms with Crippen molar-refractivity contribution in [3.8, 4) is 0 Å². The molecule has 21 heavy (non-hydrogen) atoms. The summed E-state index contributed by atoms with van der Waals surface area (Å²) in [7, 11) is 0. The van der Waals surface area contributed by atoms with Crippen molar-refractivity contribution in [1.82, 2.24) is 0 Å². The molecule has 1 aromatic carbocycles. The number of carboxylic acid groups (broad SMARTS) is 1. The van der Waals surface area contributed by atoms with E-state index in [-0.39, 0.29) is 40.1 Å². The predicted molar refractivity (Wildman–Crippen MR) is 76.3 cm³/mol. The molecule has 0 saturated heterocycles. The van der Waals surface area contributed by atoms with Gasteiger partial charge >= 0.3 is 5.97 Å². The molecular weight excluding hydrogens is 280 g/mol. The Morgan fingerprint density at radius 2 is 1.71 bits per heavy atom. The van der Waals surface area contributed by atoms with Crippen molar-refractivity contribution in [1.29, 1.82) is 0 Å². The van der Waals surface area contributed by atoms with Gasteiger partial charge in [0.05, 0.1) is 11.6 Å². The summed E-state index contributed by atoms with van der Waals surface area (Å²) in [6.45, 7) is 5.03. The van der Waals surface area contributed by atoms with Gasteiger partial charge < -0.3 is 20.7 Å². The third-order valence-corrected chi connectivity index (χ3v) is 3.12. The van der Waals surface area contributed by atoms with Crippen molar-refractivity contribution in [2.45, 2.75) is 33.1 Å². The second-order valence-electron chi connectivity index (χ2n) is 5.24. The third-order valence-electron chi connectivity index (χ3n) is 3.12. The van der Waals surface area contributed by atoms with Crippen LogP contribution in [0.2, 0.25) is 0 Å². The molecule has 118 valence electrons. The zero-order valence-corrected chi connectivity index (χ0v) is 12.0. The van der Waals surface area contributed by atoms with E-state index in [1.54, 1.807) is 0 Å². The molecule has 0 amide bonds. The fourth-order valence-corrected chi connectivity index (χ4v) is 2.01. The van der Waals surface area contributed by atoms with E-state index < -0.39 is 17.1 Å². The Balaban J connectivity index is 3.52. The Hall–Kier alpha value is -1.87. The first-order valence-corrected chi connectivity index (χ1v) is 6.37. The third kappa shape index (κ3) is 4.05. The van der Waals surface area contributed by atoms with Crippen molar-refractivity contribution < 1.29 is 20.3 Å². The van der Waals surface area contributed by atoms with E-state index in [0.717, 1.165) is 0 Å². The number of carbonyl (C=O) groups is 1. The van der Waals surface area contributed by atoms with Crippen LogP contribution in [0.1, 0.15) is 37.8 Å². The SMILES string of the molecule is CC(C)Cc1c(N([O-])[O-])cc(C(C)C(=O)O)cc1N(O)O. The molecule has 0 aliphatic heterocycles. The summed E-state index contributed by atoms with van der Waals surface area (Å²) in [4.78, 5) is 11.0. The van der Waals surface area contributed by atoms with Gasteiger partial charge in [-0.15, -0.1) is 5.23 Å². The van der Waals surface area contributed by atoms with E-state index in [1.165, 1.54) is 19.1 Å². The Bertz CT molecular complexity index is 486. The highest BCUT2D eigenvalue weighted by Gasteiger charge is 2.20. The number of hydrogen-bond donors (Lipinski definition) is 3. The maximum atomic E-state index is 11.2. The molecule has 3 N–H and O–H groups in total. The van der Waals surface area contributed by atoms with E-state index >= 15 is 0 Å². The van der Waals surface area contributed by atoms with Crippen LogP contribution in [0.15, 0.2) is 12.1 Å². The number of anilines is 2. The highest BCUT2D eigenvalue weighted by atomic mass is 16.8. The van der Waals surface area contributed by atoms with Gasteiger partial charge in [-0.25, -0.2) is 0 Å². The Morgan fingerprint density at radius 1 is 1.19 bits per heavy atom. The molecule has 0 heterocycles. The second-order valence-corrected chi connectivity index (χ2v) is 5.24. The van der Waals surface area contributed by atoms with E-state index in [1.807, 2.05) is 13.8 Å². The summed E-state index contributed by atoms with van der Waals surface area (Å²) in [6.07, 6.45) is 0.255. The summed E-state index contributed by atoms with van der Waals surface area (Å²) in [5.41, 5.74) is -0.218. The van der Waals surface area contributed by atoms with Crippen LogP contribution in [-0.2, 0) is 11.2 Å². The van der Waals surface area contributed by atoms with Crippen LogP contribution < -0.4 is 10.5 Å². The molecule has 1 unspecified atom stereocenters. The van der Waals surface area contributed by atoms with Gasteiger partial charge in [-0.3, -0.25) is 15.2 Å². The lowest BCUT2D eigenvalue weighted by Gasteiger charge is -2.40. The molecule has 1 atom stereocenters. The lowest BCUT2D eigenvalue weighted by molar-refractivity contribution is -0.138. The number of benzene rings is 1. The fraction of sp³-hybridized carbons (Fsp3) is 0.462. The lowest BCUT2D eigenvalue weighted by atomic mass is 9.93. The van der Waals surface area contributed by atoms with Gasteiger partial charge in [0.2, 0.25) is 0 Å². The Labute approximate surface area is 121 Å². The quantitative estimate of drug-likeness (QED) is 0.682. The molecule has 0 saturated carbocycles. The number of rotatable bonds is 6. The summed E-state index contributed by atoms with van der Waals surface area (Å²) in [6, 6.07) is 2.41. The number of aliphatic carboxylic acids is 1. The van der Waals surface area contributed by atoms with Crippen LogP contribution in [0.25, 0.3) is 0 Å². The van der Waals surface area contributed by atoms with E-state index in [4.69, 9.17) is 5.11 Å². The molecule has 0 aliphatic carbocycles. The highest BCUT2D eigenvalue weighted by Crippen LogP contribution is 2.35. The maximum Gasteiger partial charge on any atom is 0.310 e. The summed E-state index contributed by atoms with van der Waals surface area (Å²) >= 11 is 0. The minimum atomic E-state index is -1.16. The monoisotopic (exact) mass is 298 g/mol. The number of carboxylic acids is 1. The van der Waals surface area contributed by atoms with Crippen molar-refractivity contribution in [2.24, 2.45) is 5.92 Å². The molecule has 8 nitrogen and oxygen atoms in total. The van der Waals surface area contributed by atoms with Crippen molar-refractivity contribution in [3.05, 3.63) is 33.7 Å². The predicted octanol–water partition coefficient (Wildman–Crippen LogP) is 2.46. The van der Waals surface area contributed by atoms with Gasteiger partial charge in [-0.1, -0.05) is 13.8 Å². The summed E-state index contributed by atoms with van der Waals surface area (Å²) in [5, 5.41) is 49.1. The molecule has 1 aromatic rings. The molecule has 0 spiro atoms. The van der Waals surface area contributed by atoms with Crippen LogP contribution in [0.3, 0.4) is 0 Å². The normalized spacial score (nSPS) is 12.4. The molecule has 0 fully saturated rings. The average molecular weight is 298 g/mol. The van der Waals surface area contributed by atoms with Crippen molar-refractivity contribution >= 4 is 17.3 Å². The smallest absolute Gasteiger partial charge is 0.310 e. The first kappa shape index (κ1) is 17.2. The van der Waals surface area contributed by atoms with Crippen LogP contribution in [0, 0.1) is 16.3 Å². The molecule has 0 aromatic heterocycles. The molecule has 0 aliphatic rings. The van der Waals surface area contributed by atoms with Gasteiger partial charge in [0.15, 0.2) is 0 Å². The molecule has 1 rings (SSSR count). The standard InChI is InChI=1S/C13H18N2O6/c1-7(2)4-10-11(14(18)19)5-9(8(3)13(16)17)6-12(10)15(20)21/h5-8,18-19H,4H2,1-3H3,(H,16,17)/q-2. The Morgan fingerprint density at radius 3 is 2.10 bits per heavy atom. The van der Waals surface area contributed by atoms with Gasteiger partial charge in [0, 0.05) is 11.3 Å². The topological polar surface area (TPSA) is 130 Å². The van der Waals surface area contributed by atoms with Crippen molar-refractivity contribution in [2.75, 3.05) is 10.5 Å². The lowest BCUT2D eigenvalue weighted by Crippen LogP contribution is -2.19. The zero-order chi connectivity index (χ0) is 16.3.